The average molecular weight is 529 g/mol. The number of nitrogens with zero attached hydrogens (tertiary/aromatic N) is 4. The molecular weight excluding hydrogens is 484 g/mol. The molecule has 2 N–H and O–H groups in total. The number of rotatable bonds is 11. The molecule has 1 amide bonds. The lowest BCUT2D eigenvalue weighted by Crippen LogP contribution is -2.36. The van der Waals surface area contributed by atoms with Crippen LogP contribution in [0.3, 0.4) is 0 Å². The second-order valence-corrected chi connectivity index (χ2v) is 11.4. The van der Waals surface area contributed by atoms with Gasteiger partial charge in [-0.25, -0.2) is 4.98 Å². The Morgan fingerprint density at radius 1 is 1.03 bits per heavy atom. The van der Waals surface area contributed by atoms with Crippen LogP contribution in [0.1, 0.15) is 50.5 Å². The van der Waals surface area contributed by atoms with Gasteiger partial charge in [0, 0.05) is 48.5 Å². The number of anilines is 1. The molecule has 7 nitrogen and oxygen atoms in total. The minimum Gasteiger partial charge on any atom is -0.384 e. The Morgan fingerprint density at radius 2 is 1.82 bits per heavy atom. The van der Waals surface area contributed by atoms with Crippen molar-refractivity contribution < 1.29 is 4.79 Å². The number of hydrogen-bond acceptors (Lipinski definition) is 6. The molecule has 1 aromatic carbocycles. The van der Waals surface area contributed by atoms with Crippen molar-refractivity contribution in [1.29, 1.82) is 0 Å². The Morgan fingerprint density at radius 3 is 2.62 bits per heavy atom. The summed E-state index contributed by atoms with van der Waals surface area (Å²) < 4.78 is 0. The molecule has 3 aromatic rings. The first-order valence-electron chi connectivity index (χ1n) is 14.9. The van der Waals surface area contributed by atoms with E-state index in [0.29, 0.717) is 12.3 Å². The van der Waals surface area contributed by atoms with Gasteiger partial charge in [-0.3, -0.25) is 9.78 Å². The van der Waals surface area contributed by atoms with Crippen molar-refractivity contribution in [2.45, 2.75) is 51.4 Å². The topological polar surface area (TPSA) is 73.4 Å². The highest BCUT2D eigenvalue weighted by Crippen LogP contribution is 2.28. The zero-order valence-electron chi connectivity index (χ0n) is 23.5. The molecule has 2 fully saturated rings. The van der Waals surface area contributed by atoms with E-state index in [9.17, 15) is 4.79 Å². The van der Waals surface area contributed by atoms with Crippen molar-refractivity contribution in [2.24, 2.45) is 5.92 Å². The van der Waals surface area contributed by atoms with Crippen molar-refractivity contribution in [3.8, 4) is 11.3 Å². The van der Waals surface area contributed by atoms with Gasteiger partial charge in [-0.05, 0) is 102 Å². The normalized spacial score (nSPS) is 17.4. The molecule has 2 aromatic heterocycles. The second kappa shape index (κ2) is 13.9. The Balaban J connectivity index is 1.15. The molecule has 2 saturated heterocycles. The van der Waals surface area contributed by atoms with Gasteiger partial charge in [0.25, 0.3) is 0 Å². The lowest BCUT2D eigenvalue weighted by Gasteiger charge is -2.28. The average Bonchev–Trinajstić information content (AvgIpc) is 2.98. The third-order valence-electron chi connectivity index (χ3n) is 8.34. The van der Waals surface area contributed by atoms with E-state index in [2.05, 4.69) is 62.8 Å². The highest BCUT2D eigenvalue weighted by atomic mass is 16.1. The predicted molar refractivity (Wildman–Crippen MR) is 160 cm³/mol. The van der Waals surface area contributed by atoms with Gasteiger partial charge in [0.05, 0.1) is 11.2 Å². The molecule has 208 valence electrons. The van der Waals surface area contributed by atoms with Gasteiger partial charge in [0.2, 0.25) is 5.91 Å². The lowest BCUT2D eigenvalue weighted by atomic mass is 9.97. The summed E-state index contributed by atoms with van der Waals surface area (Å²) >= 11 is 0. The molecular formula is C32H44N6O. The van der Waals surface area contributed by atoms with E-state index in [1.807, 2.05) is 12.3 Å². The summed E-state index contributed by atoms with van der Waals surface area (Å²) in [5.41, 5.74) is 5.25. The highest BCUT2D eigenvalue weighted by Gasteiger charge is 2.17. The van der Waals surface area contributed by atoms with Crippen LogP contribution in [0.4, 0.5) is 5.69 Å². The molecule has 39 heavy (non-hydrogen) atoms. The number of likely N-dealkylation sites (tertiary alicyclic amines) is 2. The molecule has 0 aliphatic carbocycles. The number of hydrogen-bond donors (Lipinski definition) is 2. The van der Waals surface area contributed by atoms with Crippen LogP contribution in [-0.2, 0) is 11.2 Å². The smallest absolute Gasteiger partial charge is 0.220 e. The summed E-state index contributed by atoms with van der Waals surface area (Å²) in [5.74, 6) is 0.766. The van der Waals surface area contributed by atoms with Crippen LogP contribution in [0.2, 0.25) is 0 Å². The zero-order chi connectivity index (χ0) is 26.9. The van der Waals surface area contributed by atoms with Crippen LogP contribution in [0, 0.1) is 5.92 Å². The Hall–Kier alpha value is -3.03. The molecule has 2 aliphatic rings. The number of pyridine rings is 2. The largest absolute Gasteiger partial charge is 0.384 e. The summed E-state index contributed by atoms with van der Waals surface area (Å²) in [6, 6.07) is 12.6. The van der Waals surface area contributed by atoms with Crippen molar-refractivity contribution in [2.75, 3.05) is 58.2 Å². The number of aryl methyl sites for hydroxylation is 1. The molecule has 7 heteroatoms. The van der Waals surface area contributed by atoms with E-state index in [1.165, 1.54) is 50.8 Å². The number of aromatic nitrogens is 2. The van der Waals surface area contributed by atoms with E-state index in [4.69, 9.17) is 4.98 Å². The molecule has 0 saturated carbocycles. The maximum atomic E-state index is 12.4. The van der Waals surface area contributed by atoms with Crippen LogP contribution >= 0.6 is 0 Å². The monoisotopic (exact) mass is 528 g/mol. The summed E-state index contributed by atoms with van der Waals surface area (Å²) in [6.45, 7) is 7.64. The molecule has 0 unspecified atom stereocenters. The fourth-order valence-corrected chi connectivity index (χ4v) is 5.78. The standard InChI is InChI=1S/C32H44N6O/c1-37-20-13-26(14-21-37)23-35-32(39)11-8-25-6-9-27(10-7-25)30-22-31(28-24-33-16-12-29(28)36-30)34-15-5-19-38-17-3-2-4-18-38/h6-7,9-10,12,16,22,24,26H,2-5,8,11,13-15,17-21,23H2,1H3,(H,34,36)(H,35,39). The summed E-state index contributed by atoms with van der Waals surface area (Å²) in [4.78, 5) is 26.6. The number of amides is 1. The quantitative estimate of drug-likeness (QED) is 0.342. The van der Waals surface area contributed by atoms with E-state index in [-0.39, 0.29) is 5.91 Å². The number of nitrogens with one attached hydrogen (secondary N) is 2. The van der Waals surface area contributed by atoms with Gasteiger partial charge in [-0.2, -0.15) is 0 Å². The number of benzene rings is 1. The number of carbonyl (C=O) groups is 1. The minimum absolute atomic E-state index is 0.152. The van der Waals surface area contributed by atoms with E-state index in [1.54, 1.807) is 6.20 Å². The van der Waals surface area contributed by atoms with Gasteiger partial charge < -0.3 is 20.4 Å². The summed E-state index contributed by atoms with van der Waals surface area (Å²) in [5, 5.41) is 7.88. The van der Waals surface area contributed by atoms with Gasteiger partial charge >= 0.3 is 0 Å². The van der Waals surface area contributed by atoms with Crippen molar-refractivity contribution in [3.63, 3.8) is 0 Å². The number of fused-ring (bicyclic) bond motifs is 1. The molecule has 2 aliphatic heterocycles. The van der Waals surface area contributed by atoms with Crippen LogP contribution < -0.4 is 10.6 Å². The molecule has 0 radical (unpaired) electrons. The van der Waals surface area contributed by atoms with Crippen molar-refractivity contribution in [1.82, 2.24) is 25.1 Å². The van der Waals surface area contributed by atoms with Gasteiger partial charge in [-0.15, -0.1) is 0 Å². The third kappa shape index (κ3) is 7.99. The SMILES string of the molecule is CN1CCC(CNC(=O)CCc2ccc(-c3cc(NCCCN4CCCCC4)c4cnccc4n3)cc2)CC1. The van der Waals surface area contributed by atoms with Crippen molar-refractivity contribution in [3.05, 3.63) is 54.4 Å². The molecule has 5 rings (SSSR count). The third-order valence-corrected chi connectivity index (χ3v) is 8.34. The van der Waals surface area contributed by atoms with Crippen LogP contribution in [0.25, 0.3) is 22.2 Å². The van der Waals surface area contributed by atoms with Crippen LogP contribution in [0.15, 0.2) is 48.8 Å². The molecule has 0 atom stereocenters. The first-order chi connectivity index (χ1) is 19.1. The van der Waals surface area contributed by atoms with Crippen LogP contribution in [0.5, 0.6) is 0 Å². The van der Waals surface area contributed by atoms with Gasteiger partial charge in [-0.1, -0.05) is 30.7 Å². The first kappa shape index (κ1) is 27.5. The lowest BCUT2D eigenvalue weighted by molar-refractivity contribution is -0.121. The van der Waals surface area contributed by atoms with Gasteiger partial charge in [0.1, 0.15) is 0 Å². The summed E-state index contributed by atoms with van der Waals surface area (Å²) in [7, 11) is 2.17. The second-order valence-electron chi connectivity index (χ2n) is 11.4. The Kier molecular flexibility index (Phi) is 9.78. The summed E-state index contributed by atoms with van der Waals surface area (Å²) in [6.07, 6.45) is 12.5. The maximum absolute atomic E-state index is 12.4. The van der Waals surface area contributed by atoms with E-state index < -0.39 is 0 Å². The molecule has 4 heterocycles. The Bertz CT molecular complexity index is 1200. The molecule has 0 spiro atoms. The minimum atomic E-state index is 0.152. The number of piperidine rings is 2. The number of carbonyl (C=O) groups excluding carboxylic acids is 1. The molecule has 0 bridgehead atoms. The van der Waals surface area contributed by atoms with Crippen LogP contribution in [-0.4, -0.2) is 78.5 Å². The Labute approximate surface area is 233 Å². The van der Waals surface area contributed by atoms with Crippen molar-refractivity contribution >= 4 is 22.5 Å². The highest BCUT2D eigenvalue weighted by molar-refractivity contribution is 5.93. The zero-order valence-corrected chi connectivity index (χ0v) is 23.5. The van der Waals surface area contributed by atoms with E-state index >= 15 is 0 Å². The fourth-order valence-electron chi connectivity index (χ4n) is 5.78. The fraction of sp³-hybridized carbons (Fsp3) is 0.531. The maximum Gasteiger partial charge on any atom is 0.220 e. The van der Waals surface area contributed by atoms with Gasteiger partial charge in [0.15, 0.2) is 0 Å². The predicted octanol–water partition coefficient (Wildman–Crippen LogP) is 4.98. The first-order valence-corrected chi connectivity index (χ1v) is 14.9. The van der Waals surface area contributed by atoms with E-state index in [0.717, 1.165) is 73.4 Å².